The molecule has 1 aromatic carbocycles. The Bertz CT molecular complexity index is 491. The molecule has 1 aromatic rings. The van der Waals surface area contributed by atoms with Crippen LogP contribution in [0.25, 0.3) is 0 Å². The van der Waals surface area contributed by atoms with E-state index >= 15 is 0 Å². The maximum atomic E-state index is 5.80. The lowest BCUT2D eigenvalue weighted by Crippen LogP contribution is -2.53. The monoisotopic (exact) mass is 269 g/mol. The third-order valence-electron chi connectivity index (χ3n) is 5.21. The number of ether oxygens (including phenoxy) is 1. The average Bonchev–Trinajstić information content (AvgIpc) is 2.39. The van der Waals surface area contributed by atoms with Crippen LogP contribution in [-0.4, -0.2) is 30.2 Å². The molecule has 0 spiro atoms. The summed E-state index contributed by atoms with van der Waals surface area (Å²) in [5.41, 5.74) is 3.16. The van der Waals surface area contributed by atoms with Crippen molar-refractivity contribution in [2.75, 3.05) is 13.2 Å². The maximum Gasteiger partial charge on any atom is 0.0658 e. The highest BCUT2D eigenvalue weighted by Gasteiger charge is 2.37. The van der Waals surface area contributed by atoms with Crippen LogP contribution in [0.5, 0.6) is 0 Å². The van der Waals surface area contributed by atoms with Gasteiger partial charge < -0.3 is 4.74 Å². The van der Waals surface area contributed by atoms with Crippen molar-refractivity contribution >= 4 is 0 Å². The van der Waals surface area contributed by atoms with Crippen LogP contribution in [0.4, 0.5) is 0 Å². The van der Waals surface area contributed by atoms with Gasteiger partial charge in [0.15, 0.2) is 0 Å². The van der Waals surface area contributed by atoms with Crippen molar-refractivity contribution in [3.63, 3.8) is 0 Å². The lowest BCUT2D eigenvalue weighted by atomic mass is 9.75. The van der Waals surface area contributed by atoms with Crippen LogP contribution in [0.2, 0.25) is 0 Å². The quantitative estimate of drug-likeness (QED) is 0.780. The van der Waals surface area contributed by atoms with Crippen LogP contribution in [-0.2, 0) is 11.3 Å². The molecule has 1 saturated carbocycles. The molecule has 1 aliphatic carbocycles. The molecule has 20 heavy (non-hydrogen) atoms. The zero-order valence-electron chi connectivity index (χ0n) is 12.0. The Morgan fingerprint density at radius 3 is 2.65 bits per heavy atom. The van der Waals surface area contributed by atoms with E-state index in [1.807, 2.05) is 0 Å². The summed E-state index contributed by atoms with van der Waals surface area (Å²) in [5, 5.41) is 0. The minimum absolute atomic E-state index is 0.498. The molecule has 2 heteroatoms. The van der Waals surface area contributed by atoms with Gasteiger partial charge in [0.1, 0.15) is 0 Å². The lowest BCUT2D eigenvalue weighted by molar-refractivity contribution is -0.0458. The molecule has 4 rings (SSSR count). The summed E-state index contributed by atoms with van der Waals surface area (Å²) in [6, 6.07) is 11.9. The van der Waals surface area contributed by atoms with Crippen molar-refractivity contribution < 1.29 is 4.74 Å². The Hall–Kier alpha value is -1.12. The fourth-order valence-electron chi connectivity index (χ4n) is 3.82. The van der Waals surface area contributed by atoms with E-state index in [2.05, 4.69) is 41.3 Å². The second kappa shape index (κ2) is 5.34. The number of fused-ring (bicyclic) bond motifs is 2. The summed E-state index contributed by atoms with van der Waals surface area (Å²) in [6.07, 6.45) is 8.04. The Morgan fingerprint density at radius 2 is 1.95 bits per heavy atom. The Kier molecular flexibility index (Phi) is 3.37. The maximum absolute atomic E-state index is 5.80. The molecule has 0 N–H and O–H groups in total. The molecule has 2 aliphatic heterocycles. The molecular formula is C18H23NO. The summed E-state index contributed by atoms with van der Waals surface area (Å²) < 4.78 is 5.80. The SMILES string of the molecule is C1=C(C2CCC2)CC2COCC1N2Cc1ccccc1. The van der Waals surface area contributed by atoms with Crippen LogP contribution in [0.3, 0.4) is 0 Å². The number of hydrogen-bond donors (Lipinski definition) is 0. The van der Waals surface area contributed by atoms with Crippen LogP contribution in [0, 0.1) is 5.92 Å². The number of hydrogen-bond acceptors (Lipinski definition) is 2. The summed E-state index contributed by atoms with van der Waals surface area (Å²) in [6.45, 7) is 2.85. The number of rotatable bonds is 3. The van der Waals surface area contributed by atoms with E-state index in [1.54, 1.807) is 5.57 Å². The van der Waals surface area contributed by atoms with Gasteiger partial charge in [0.25, 0.3) is 0 Å². The molecule has 0 amide bonds. The molecule has 2 unspecified atom stereocenters. The highest BCUT2D eigenvalue weighted by Crippen LogP contribution is 2.40. The molecule has 1 saturated heterocycles. The van der Waals surface area contributed by atoms with Crippen molar-refractivity contribution in [2.45, 2.75) is 44.3 Å². The number of morpholine rings is 1. The van der Waals surface area contributed by atoms with Gasteiger partial charge in [0.2, 0.25) is 0 Å². The third kappa shape index (κ3) is 2.32. The van der Waals surface area contributed by atoms with Crippen LogP contribution in [0.15, 0.2) is 42.0 Å². The molecule has 2 fully saturated rings. The largest absolute Gasteiger partial charge is 0.378 e. The van der Waals surface area contributed by atoms with Gasteiger partial charge in [-0.1, -0.05) is 48.4 Å². The zero-order valence-corrected chi connectivity index (χ0v) is 12.0. The molecule has 0 aromatic heterocycles. The standard InChI is InChI=1S/C18H23NO/c1-2-5-14(6-3-1)11-19-17-9-16(15-7-4-8-15)10-18(19)13-20-12-17/h1-3,5-6,9,15,17-18H,4,7-8,10-13H2. The van der Waals surface area contributed by atoms with Gasteiger partial charge in [-0.2, -0.15) is 0 Å². The number of nitrogens with zero attached hydrogens (tertiary/aromatic N) is 1. The summed E-state index contributed by atoms with van der Waals surface area (Å²) >= 11 is 0. The van der Waals surface area contributed by atoms with Crippen molar-refractivity contribution in [2.24, 2.45) is 5.92 Å². The van der Waals surface area contributed by atoms with E-state index in [1.165, 1.54) is 31.2 Å². The fourth-order valence-corrected chi connectivity index (χ4v) is 3.82. The van der Waals surface area contributed by atoms with Gasteiger partial charge in [0, 0.05) is 12.6 Å². The van der Waals surface area contributed by atoms with E-state index < -0.39 is 0 Å². The first-order valence-electron chi connectivity index (χ1n) is 7.98. The van der Waals surface area contributed by atoms with Gasteiger partial charge in [-0.3, -0.25) is 4.90 Å². The van der Waals surface area contributed by atoms with E-state index in [4.69, 9.17) is 4.74 Å². The smallest absolute Gasteiger partial charge is 0.0658 e. The van der Waals surface area contributed by atoms with Crippen LogP contribution in [0.1, 0.15) is 31.2 Å². The summed E-state index contributed by atoms with van der Waals surface area (Å²) in [4.78, 5) is 2.65. The lowest BCUT2D eigenvalue weighted by Gasteiger charge is -2.47. The zero-order chi connectivity index (χ0) is 13.4. The first kappa shape index (κ1) is 12.6. The van der Waals surface area contributed by atoms with E-state index in [-0.39, 0.29) is 0 Å². The van der Waals surface area contributed by atoms with Crippen molar-refractivity contribution in [1.82, 2.24) is 4.90 Å². The number of benzene rings is 1. The van der Waals surface area contributed by atoms with Crippen molar-refractivity contribution in [3.8, 4) is 0 Å². The second-order valence-corrected chi connectivity index (χ2v) is 6.49. The minimum atomic E-state index is 0.498. The highest BCUT2D eigenvalue weighted by molar-refractivity contribution is 5.22. The predicted molar refractivity (Wildman–Crippen MR) is 80.4 cm³/mol. The van der Waals surface area contributed by atoms with Gasteiger partial charge >= 0.3 is 0 Å². The third-order valence-corrected chi connectivity index (χ3v) is 5.21. The van der Waals surface area contributed by atoms with Gasteiger partial charge in [-0.25, -0.2) is 0 Å². The molecule has 0 radical (unpaired) electrons. The Morgan fingerprint density at radius 1 is 1.10 bits per heavy atom. The predicted octanol–water partition coefficient (Wildman–Crippen LogP) is 3.39. The molecule has 106 valence electrons. The fraction of sp³-hybridized carbons (Fsp3) is 0.556. The first-order valence-corrected chi connectivity index (χ1v) is 7.98. The van der Waals surface area contributed by atoms with E-state index in [0.717, 1.165) is 25.7 Å². The normalized spacial score (nSPS) is 30.7. The van der Waals surface area contributed by atoms with Gasteiger partial charge in [-0.15, -0.1) is 0 Å². The van der Waals surface area contributed by atoms with Gasteiger partial charge in [-0.05, 0) is 30.7 Å². The molecule has 2 nitrogen and oxygen atoms in total. The van der Waals surface area contributed by atoms with Crippen molar-refractivity contribution in [3.05, 3.63) is 47.5 Å². The first-order chi connectivity index (χ1) is 9.90. The van der Waals surface area contributed by atoms with E-state index in [0.29, 0.717) is 12.1 Å². The summed E-state index contributed by atoms with van der Waals surface area (Å²) in [7, 11) is 0. The molecule has 2 atom stereocenters. The second-order valence-electron chi connectivity index (χ2n) is 6.49. The molecule has 2 bridgehead atoms. The molecular weight excluding hydrogens is 246 g/mol. The molecule has 2 heterocycles. The average molecular weight is 269 g/mol. The van der Waals surface area contributed by atoms with Gasteiger partial charge in [0.05, 0.1) is 19.3 Å². The summed E-state index contributed by atoms with van der Waals surface area (Å²) in [5.74, 6) is 0.900. The van der Waals surface area contributed by atoms with E-state index in [9.17, 15) is 0 Å². The molecule has 3 aliphatic rings. The van der Waals surface area contributed by atoms with Crippen LogP contribution < -0.4 is 0 Å². The van der Waals surface area contributed by atoms with Crippen molar-refractivity contribution in [1.29, 1.82) is 0 Å². The topological polar surface area (TPSA) is 12.5 Å². The Balaban J connectivity index is 1.54. The minimum Gasteiger partial charge on any atom is -0.378 e. The Labute approximate surface area is 121 Å². The van der Waals surface area contributed by atoms with Crippen LogP contribution >= 0.6 is 0 Å². The highest BCUT2D eigenvalue weighted by atomic mass is 16.5.